The minimum Gasteiger partial charge on any atom is -0.444 e. The lowest BCUT2D eigenvalue weighted by molar-refractivity contribution is 0.0508. The fourth-order valence-corrected chi connectivity index (χ4v) is 1.51. The maximum atomic E-state index is 11.6. The van der Waals surface area contributed by atoms with Crippen molar-refractivity contribution in [2.75, 3.05) is 0 Å². The highest BCUT2D eigenvalue weighted by molar-refractivity contribution is 5.68. The number of carbonyl (C=O) groups excluding carboxylic acids is 1. The van der Waals surface area contributed by atoms with Crippen molar-refractivity contribution in [3.8, 4) is 0 Å². The molecule has 1 unspecified atom stereocenters. The Bertz CT molecular complexity index is 393. The van der Waals surface area contributed by atoms with Crippen LogP contribution in [0.15, 0.2) is 24.3 Å². The standard InChI is InChI=1S/C14H21NO2/c1-10-7-6-8-12(9-10)11(2)15-13(16)17-14(3,4)5/h6-9,11H,1-5H3,(H,15,16). The van der Waals surface area contributed by atoms with Crippen molar-refractivity contribution in [1.29, 1.82) is 0 Å². The molecule has 94 valence electrons. The molecule has 1 atom stereocenters. The van der Waals surface area contributed by atoms with Gasteiger partial charge in [-0.25, -0.2) is 4.79 Å². The highest BCUT2D eigenvalue weighted by Gasteiger charge is 2.18. The van der Waals surface area contributed by atoms with Crippen molar-refractivity contribution in [3.05, 3.63) is 35.4 Å². The Kier molecular flexibility index (Phi) is 4.16. The molecule has 0 heterocycles. The van der Waals surface area contributed by atoms with Gasteiger partial charge in [0.1, 0.15) is 5.60 Å². The summed E-state index contributed by atoms with van der Waals surface area (Å²) in [4.78, 5) is 11.6. The van der Waals surface area contributed by atoms with E-state index in [1.165, 1.54) is 5.56 Å². The molecule has 0 aliphatic carbocycles. The summed E-state index contributed by atoms with van der Waals surface area (Å²) >= 11 is 0. The van der Waals surface area contributed by atoms with Crippen LogP contribution in [0.5, 0.6) is 0 Å². The van der Waals surface area contributed by atoms with E-state index >= 15 is 0 Å². The largest absolute Gasteiger partial charge is 0.444 e. The SMILES string of the molecule is Cc1cccc(C(C)NC(=O)OC(C)(C)C)c1. The fourth-order valence-electron chi connectivity index (χ4n) is 1.51. The molecule has 3 heteroatoms. The lowest BCUT2D eigenvalue weighted by Gasteiger charge is -2.22. The van der Waals surface area contributed by atoms with Gasteiger partial charge in [-0.05, 0) is 40.2 Å². The van der Waals surface area contributed by atoms with E-state index in [-0.39, 0.29) is 12.1 Å². The van der Waals surface area contributed by atoms with Crippen LogP contribution in [0, 0.1) is 6.92 Å². The van der Waals surface area contributed by atoms with Gasteiger partial charge in [0.05, 0.1) is 6.04 Å². The van der Waals surface area contributed by atoms with E-state index in [1.54, 1.807) is 0 Å². The quantitative estimate of drug-likeness (QED) is 0.850. The number of benzene rings is 1. The summed E-state index contributed by atoms with van der Waals surface area (Å²) in [5, 5.41) is 2.82. The summed E-state index contributed by atoms with van der Waals surface area (Å²) in [6.45, 7) is 9.53. The predicted molar refractivity (Wildman–Crippen MR) is 69.0 cm³/mol. The van der Waals surface area contributed by atoms with Gasteiger partial charge in [-0.15, -0.1) is 0 Å². The van der Waals surface area contributed by atoms with E-state index in [9.17, 15) is 4.79 Å². The van der Waals surface area contributed by atoms with Crippen molar-refractivity contribution < 1.29 is 9.53 Å². The summed E-state index contributed by atoms with van der Waals surface area (Å²) in [6, 6.07) is 8.02. The molecule has 0 saturated carbocycles. The van der Waals surface area contributed by atoms with Crippen molar-refractivity contribution in [1.82, 2.24) is 5.32 Å². The van der Waals surface area contributed by atoms with Crippen LogP contribution in [-0.4, -0.2) is 11.7 Å². The van der Waals surface area contributed by atoms with Crippen LogP contribution in [-0.2, 0) is 4.74 Å². The van der Waals surface area contributed by atoms with Crippen molar-refractivity contribution in [2.45, 2.75) is 46.3 Å². The highest BCUT2D eigenvalue weighted by Crippen LogP contribution is 2.15. The number of aryl methyl sites for hydroxylation is 1. The van der Waals surface area contributed by atoms with E-state index < -0.39 is 5.60 Å². The third-order valence-corrected chi connectivity index (χ3v) is 2.28. The molecule has 0 bridgehead atoms. The maximum Gasteiger partial charge on any atom is 0.408 e. The average Bonchev–Trinajstić information content (AvgIpc) is 2.14. The summed E-state index contributed by atoms with van der Waals surface area (Å²) in [5.74, 6) is 0. The first-order valence-corrected chi connectivity index (χ1v) is 5.84. The molecule has 3 nitrogen and oxygen atoms in total. The summed E-state index contributed by atoms with van der Waals surface area (Å²) in [5.41, 5.74) is 1.80. The summed E-state index contributed by atoms with van der Waals surface area (Å²) in [6.07, 6.45) is -0.383. The predicted octanol–water partition coefficient (Wildman–Crippen LogP) is 3.58. The number of nitrogens with one attached hydrogen (secondary N) is 1. The first-order chi connectivity index (χ1) is 7.78. The average molecular weight is 235 g/mol. The monoisotopic (exact) mass is 235 g/mol. The lowest BCUT2D eigenvalue weighted by Crippen LogP contribution is -2.34. The molecular formula is C14H21NO2. The van der Waals surface area contributed by atoms with Gasteiger partial charge in [-0.1, -0.05) is 29.8 Å². The van der Waals surface area contributed by atoms with Crippen molar-refractivity contribution >= 4 is 6.09 Å². The molecule has 0 aliphatic heterocycles. The molecule has 0 saturated heterocycles. The van der Waals surface area contributed by atoms with Crippen molar-refractivity contribution in [2.24, 2.45) is 0 Å². The zero-order valence-corrected chi connectivity index (χ0v) is 11.2. The molecule has 1 amide bonds. The smallest absolute Gasteiger partial charge is 0.408 e. The molecule has 0 radical (unpaired) electrons. The van der Waals surface area contributed by atoms with Crippen LogP contribution in [0.2, 0.25) is 0 Å². The molecule has 0 aromatic heterocycles. The van der Waals surface area contributed by atoms with E-state index in [0.717, 1.165) is 5.56 Å². The second kappa shape index (κ2) is 5.21. The Morgan fingerprint density at radius 1 is 1.35 bits per heavy atom. The normalized spacial score (nSPS) is 13.0. The number of alkyl carbamates (subject to hydrolysis) is 1. The van der Waals surface area contributed by atoms with E-state index in [0.29, 0.717) is 0 Å². The van der Waals surface area contributed by atoms with Crippen LogP contribution in [0.4, 0.5) is 4.79 Å². The zero-order chi connectivity index (χ0) is 13.1. The van der Waals surface area contributed by atoms with Gasteiger partial charge in [0, 0.05) is 0 Å². The minimum absolute atomic E-state index is 0.0512. The van der Waals surface area contributed by atoms with E-state index in [2.05, 4.69) is 11.4 Å². The molecule has 0 spiro atoms. The van der Waals surface area contributed by atoms with Gasteiger partial charge in [0.15, 0.2) is 0 Å². The van der Waals surface area contributed by atoms with Crippen LogP contribution in [0.1, 0.15) is 44.9 Å². The molecule has 17 heavy (non-hydrogen) atoms. The molecule has 1 N–H and O–H groups in total. The lowest BCUT2D eigenvalue weighted by atomic mass is 10.1. The van der Waals surface area contributed by atoms with Crippen LogP contribution >= 0.6 is 0 Å². The number of hydrogen-bond acceptors (Lipinski definition) is 2. The molecular weight excluding hydrogens is 214 g/mol. The zero-order valence-electron chi connectivity index (χ0n) is 11.2. The van der Waals surface area contributed by atoms with Gasteiger partial charge in [0.2, 0.25) is 0 Å². The minimum atomic E-state index is -0.462. The Morgan fingerprint density at radius 2 is 2.00 bits per heavy atom. The van der Waals surface area contributed by atoms with Crippen LogP contribution in [0.25, 0.3) is 0 Å². The number of rotatable bonds is 2. The third-order valence-electron chi connectivity index (χ3n) is 2.28. The Labute approximate surface area is 103 Å². The third kappa shape index (κ3) is 4.89. The van der Waals surface area contributed by atoms with Crippen molar-refractivity contribution in [3.63, 3.8) is 0 Å². The number of amides is 1. The number of ether oxygens (including phenoxy) is 1. The Hall–Kier alpha value is -1.51. The van der Waals surface area contributed by atoms with Gasteiger partial charge in [-0.3, -0.25) is 0 Å². The van der Waals surface area contributed by atoms with E-state index in [1.807, 2.05) is 52.8 Å². The molecule has 0 fully saturated rings. The molecule has 1 aromatic carbocycles. The van der Waals surface area contributed by atoms with Crippen LogP contribution in [0.3, 0.4) is 0 Å². The fraction of sp³-hybridized carbons (Fsp3) is 0.500. The van der Waals surface area contributed by atoms with Gasteiger partial charge in [0.25, 0.3) is 0 Å². The van der Waals surface area contributed by atoms with Gasteiger partial charge >= 0.3 is 6.09 Å². The van der Waals surface area contributed by atoms with Crippen LogP contribution < -0.4 is 5.32 Å². The topological polar surface area (TPSA) is 38.3 Å². The summed E-state index contributed by atoms with van der Waals surface area (Å²) < 4.78 is 5.21. The first kappa shape index (κ1) is 13.6. The number of hydrogen-bond donors (Lipinski definition) is 1. The first-order valence-electron chi connectivity index (χ1n) is 5.84. The second-order valence-corrected chi connectivity index (χ2v) is 5.28. The maximum absolute atomic E-state index is 11.6. The van der Waals surface area contributed by atoms with E-state index in [4.69, 9.17) is 4.74 Å². The number of carbonyl (C=O) groups is 1. The Morgan fingerprint density at radius 3 is 2.53 bits per heavy atom. The summed E-state index contributed by atoms with van der Waals surface area (Å²) in [7, 11) is 0. The van der Waals surface area contributed by atoms with Gasteiger partial charge < -0.3 is 10.1 Å². The Balaban J connectivity index is 2.61. The second-order valence-electron chi connectivity index (χ2n) is 5.28. The molecule has 1 rings (SSSR count). The highest BCUT2D eigenvalue weighted by atomic mass is 16.6. The molecule has 0 aliphatic rings. The van der Waals surface area contributed by atoms with Gasteiger partial charge in [-0.2, -0.15) is 0 Å². The molecule has 1 aromatic rings.